The van der Waals surface area contributed by atoms with E-state index in [1.54, 1.807) is 25.1 Å². The van der Waals surface area contributed by atoms with Crippen molar-refractivity contribution in [3.63, 3.8) is 0 Å². The zero-order valence-corrected chi connectivity index (χ0v) is 23.7. The Morgan fingerprint density at radius 1 is 1.12 bits per heavy atom. The smallest absolute Gasteiger partial charge is 0.278 e. The highest BCUT2D eigenvalue weighted by atomic mass is 19.1. The van der Waals surface area contributed by atoms with Crippen molar-refractivity contribution >= 4 is 33.6 Å². The third kappa shape index (κ3) is 4.68. The maximum atomic E-state index is 15.0. The van der Waals surface area contributed by atoms with Crippen molar-refractivity contribution < 1.29 is 9.50 Å². The summed E-state index contributed by atoms with van der Waals surface area (Å²) < 4.78 is 20.1. The lowest BCUT2D eigenvalue weighted by Gasteiger charge is -2.30. The minimum absolute atomic E-state index is 0.245. The summed E-state index contributed by atoms with van der Waals surface area (Å²) in [5, 5.41) is 15.7. The molecule has 4 aromatic heterocycles. The van der Waals surface area contributed by atoms with Gasteiger partial charge in [-0.3, -0.25) is 4.79 Å². The first kappa shape index (κ1) is 26.5. The lowest BCUT2D eigenvalue weighted by molar-refractivity contribution is 0.0442. The Hall–Kier alpha value is -4.35. The second-order valence-electron chi connectivity index (χ2n) is 11.6. The van der Waals surface area contributed by atoms with Crippen molar-refractivity contribution in [1.82, 2.24) is 33.8 Å². The fourth-order valence-electron chi connectivity index (χ4n) is 6.11. The van der Waals surface area contributed by atoms with Crippen molar-refractivity contribution in [2.24, 2.45) is 0 Å². The quantitative estimate of drug-likeness (QED) is 0.322. The van der Waals surface area contributed by atoms with Gasteiger partial charge in [0.05, 0.1) is 12.2 Å². The van der Waals surface area contributed by atoms with Crippen molar-refractivity contribution in [2.45, 2.75) is 50.8 Å². The Labute approximate surface area is 241 Å². The number of likely N-dealkylation sites (tertiary alicyclic amines) is 1. The lowest BCUT2D eigenvalue weighted by atomic mass is 9.95. The van der Waals surface area contributed by atoms with Crippen molar-refractivity contribution in [1.29, 1.82) is 0 Å². The molecular formula is C31H33FN8O2. The molecule has 0 saturated carbocycles. The molecule has 7 rings (SSSR count). The number of nitrogens with zero attached hydrogens (tertiary/aromatic N) is 7. The molecule has 2 aliphatic rings. The average molecular weight is 569 g/mol. The van der Waals surface area contributed by atoms with Crippen LogP contribution in [0.15, 0.2) is 71.6 Å². The Kier molecular flexibility index (Phi) is 6.43. The van der Waals surface area contributed by atoms with Gasteiger partial charge in [-0.15, -0.1) is 0 Å². The van der Waals surface area contributed by atoms with Gasteiger partial charge in [0.25, 0.3) is 5.56 Å². The number of halogens is 1. The van der Waals surface area contributed by atoms with Crippen LogP contribution in [0.5, 0.6) is 0 Å². The van der Waals surface area contributed by atoms with Gasteiger partial charge in [-0.25, -0.2) is 23.7 Å². The zero-order valence-electron chi connectivity index (χ0n) is 23.7. The molecule has 1 fully saturated rings. The van der Waals surface area contributed by atoms with Crippen LogP contribution in [0.25, 0.3) is 27.8 Å². The van der Waals surface area contributed by atoms with Gasteiger partial charge in [-0.05, 0) is 89.1 Å². The Morgan fingerprint density at radius 3 is 2.79 bits per heavy atom. The average Bonchev–Trinajstić information content (AvgIpc) is 3.51. The number of hydrogen-bond donors (Lipinski definition) is 2. The van der Waals surface area contributed by atoms with Crippen LogP contribution in [0.2, 0.25) is 0 Å². The number of pyridine rings is 1. The Balaban J connectivity index is 1.27. The summed E-state index contributed by atoms with van der Waals surface area (Å²) in [6.45, 7) is 3.57. The molecule has 0 spiro atoms. The predicted molar refractivity (Wildman–Crippen MR) is 160 cm³/mol. The normalized spacial score (nSPS) is 21.6. The molecule has 1 atom stereocenters. The van der Waals surface area contributed by atoms with Crippen molar-refractivity contribution in [3.05, 3.63) is 82.8 Å². The largest absolute Gasteiger partial charge is 0.384 e. The number of fused-ring (bicyclic) bond motifs is 7. The van der Waals surface area contributed by atoms with E-state index >= 15 is 0 Å². The maximum absolute atomic E-state index is 15.0. The van der Waals surface area contributed by atoms with E-state index in [2.05, 4.69) is 56.2 Å². The second-order valence-corrected chi connectivity index (χ2v) is 11.6. The highest BCUT2D eigenvalue weighted by molar-refractivity contribution is 5.85. The van der Waals surface area contributed by atoms with Crippen molar-refractivity contribution in [3.8, 4) is 5.82 Å². The standard InChI is InChI=1S/C31H33FN8O2/c1-31(42)13-4-5-21(32)19-39-29(41)24-18-33-30(36-28(24)40(39)27-7-3-6-26(31)35-27)34-22-8-9-25-20(17-22)10-16-38(25)23-11-14-37(2)15-12-23/h3,5-10,16-18,23,42H,4,11-15,19H2,1-2H3,(H,33,34,36)/b21-5+. The van der Waals surface area contributed by atoms with Crippen LogP contribution < -0.4 is 10.9 Å². The SMILES string of the molecule is CN1CCC(n2ccc3cc(Nc4ncc5c(=O)n6n(c5n4)-c4cccc(n4)C(C)(O)CC/C=C(/F)C6)ccc32)CC1. The maximum Gasteiger partial charge on any atom is 0.278 e. The number of aromatic nitrogens is 6. The number of nitrogens with one attached hydrogen (secondary N) is 1. The third-order valence-corrected chi connectivity index (χ3v) is 8.53. The molecular weight excluding hydrogens is 535 g/mol. The number of anilines is 2. The van der Waals surface area contributed by atoms with Crippen LogP contribution in [-0.2, 0) is 12.1 Å². The first-order chi connectivity index (χ1) is 20.3. The molecule has 42 heavy (non-hydrogen) atoms. The molecule has 1 saturated heterocycles. The van der Waals surface area contributed by atoms with Gasteiger partial charge in [-0.1, -0.05) is 12.1 Å². The molecule has 216 valence electrons. The Bertz CT molecular complexity index is 1890. The molecule has 11 heteroatoms. The summed E-state index contributed by atoms with van der Waals surface area (Å²) in [6, 6.07) is 14.0. The van der Waals surface area contributed by atoms with E-state index in [1.165, 1.54) is 27.2 Å². The van der Waals surface area contributed by atoms with Gasteiger partial charge < -0.3 is 19.9 Å². The molecule has 2 N–H and O–H groups in total. The van der Waals surface area contributed by atoms with E-state index in [9.17, 15) is 14.3 Å². The fraction of sp³-hybridized carbons (Fsp3) is 0.355. The third-order valence-electron chi connectivity index (χ3n) is 8.53. The molecule has 1 aromatic carbocycles. The highest BCUT2D eigenvalue weighted by Crippen LogP contribution is 2.30. The molecule has 1 unspecified atom stereocenters. The van der Waals surface area contributed by atoms with Gasteiger partial charge >= 0.3 is 0 Å². The first-order valence-electron chi connectivity index (χ1n) is 14.4. The molecule has 5 aromatic rings. The van der Waals surface area contributed by atoms with E-state index in [1.807, 2.05) is 6.07 Å². The number of rotatable bonds is 3. The fourth-order valence-corrected chi connectivity index (χ4v) is 6.11. The molecule has 0 amide bonds. The van der Waals surface area contributed by atoms with Gasteiger partial charge in [0.2, 0.25) is 5.95 Å². The monoisotopic (exact) mass is 568 g/mol. The number of benzene rings is 1. The van der Waals surface area contributed by atoms with E-state index in [4.69, 9.17) is 4.98 Å². The molecule has 10 nitrogen and oxygen atoms in total. The molecule has 2 aliphatic heterocycles. The van der Waals surface area contributed by atoms with Gasteiger partial charge in [0.15, 0.2) is 11.5 Å². The Morgan fingerprint density at radius 2 is 1.95 bits per heavy atom. The second kappa shape index (κ2) is 10.2. The predicted octanol–water partition coefficient (Wildman–Crippen LogP) is 4.80. The summed E-state index contributed by atoms with van der Waals surface area (Å²) in [5.74, 6) is 0.181. The summed E-state index contributed by atoms with van der Waals surface area (Å²) in [4.78, 5) is 29.6. The summed E-state index contributed by atoms with van der Waals surface area (Å²) in [6.07, 6.45) is 7.89. The highest BCUT2D eigenvalue weighted by Gasteiger charge is 2.27. The molecule has 2 bridgehead atoms. The van der Waals surface area contributed by atoms with Gasteiger partial charge in [-0.2, -0.15) is 4.98 Å². The van der Waals surface area contributed by atoms with Crippen LogP contribution >= 0.6 is 0 Å². The number of piperidine rings is 1. The van der Waals surface area contributed by atoms with Crippen LogP contribution in [0, 0.1) is 0 Å². The topological polar surface area (TPSA) is 106 Å². The van der Waals surface area contributed by atoms with E-state index in [-0.39, 0.29) is 11.9 Å². The minimum Gasteiger partial charge on any atom is -0.384 e. The first-order valence-corrected chi connectivity index (χ1v) is 14.4. The number of aliphatic hydroxyl groups is 1. The molecule has 0 aliphatic carbocycles. The van der Waals surface area contributed by atoms with Gasteiger partial charge in [0.1, 0.15) is 16.8 Å². The summed E-state index contributed by atoms with van der Waals surface area (Å²) >= 11 is 0. The van der Waals surface area contributed by atoms with E-state index in [0.29, 0.717) is 42.0 Å². The zero-order chi connectivity index (χ0) is 29.0. The van der Waals surface area contributed by atoms with Crippen LogP contribution in [0.3, 0.4) is 0 Å². The summed E-state index contributed by atoms with van der Waals surface area (Å²) in [5.41, 5.74) is 1.04. The van der Waals surface area contributed by atoms with E-state index in [0.717, 1.165) is 37.0 Å². The lowest BCUT2D eigenvalue weighted by Crippen LogP contribution is -2.31. The van der Waals surface area contributed by atoms with E-state index < -0.39 is 17.0 Å². The minimum atomic E-state index is -1.27. The molecule has 0 radical (unpaired) electrons. The van der Waals surface area contributed by atoms with Crippen LogP contribution in [0.1, 0.15) is 44.3 Å². The molecule has 6 heterocycles. The van der Waals surface area contributed by atoms with Crippen molar-refractivity contribution in [2.75, 3.05) is 25.5 Å². The van der Waals surface area contributed by atoms with Crippen LogP contribution in [0.4, 0.5) is 16.0 Å². The summed E-state index contributed by atoms with van der Waals surface area (Å²) in [7, 11) is 2.17. The number of allylic oxidation sites excluding steroid dienone is 2. The van der Waals surface area contributed by atoms with Gasteiger partial charge in [0, 0.05) is 35.0 Å². The number of hydrogen-bond acceptors (Lipinski definition) is 7. The van der Waals surface area contributed by atoms with Crippen LogP contribution in [-0.4, -0.2) is 59.0 Å².